The molecule has 0 heterocycles. The van der Waals surface area contributed by atoms with Crippen LogP contribution in [0.3, 0.4) is 0 Å². The lowest BCUT2D eigenvalue weighted by atomic mass is 10.2. The highest BCUT2D eigenvalue weighted by Crippen LogP contribution is 2.24. The molecule has 0 aliphatic carbocycles. The molecule has 0 saturated heterocycles. The summed E-state index contributed by atoms with van der Waals surface area (Å²) in [5.74, 6) is -1.29. The molecule has 0 bridgehead atoms. The molecule has 7 nitrogen and oxygen atoms in total. The largest absolute Gasteiger partial charge is 0.478 e. The van der Waals surface area contributed by atoms with Gasteiger partial charge in [-0.25, -0.2) is 18.0 Å². The molecule has 3 N–H and O–H groups in total. The van der Waals surface area contributed by atoms with E-state index in [0.717, 1.165) is 6.26 Å². The summed E-state index contributed by atoms with van der Waals surface area (Å²) in [4.78, 5) is 22.7. The second-order valence-corrected chi connectivity index (χ2v) is 7.00. The normalized spacial score (nSPS) is 11.0. The number of carboxylic acids is 1. The molecule has 9 heteroatoms. The van der Waals surface area contributed by atoms with E-state index in [4.69, 9.17) is 16.7 Å². The molecule has 0 aliphatic heterocycles. The number of sulfone groups is 1. The van der Waals surface area contributed by atoms with Gasteiger partial charge in [-0.15, -0.1) is 0 Å². The molecule has 1 aromatic rings. The van der Waals surface area contributed by atoms with Crippen molar-refractivity contribution in [2.45, 2.75) is 6.42 Å². The number of rotatable bonds is 6. The summed E-state index contributed by atoms with van der Waals surface area (Å²) in [6, 6.07) is 3.69. The van der Waals surface area contributed by atoms with Gasteiger partial charge in [0, 0.05) is 12.8 Å². The third-order valence-corrected chi connectivity index (χ3v) is 3.80. The van der Waals surface area contributed by atoms with Crippen LogP contribution in [0.5, 0.6) is 0 Å². The van der Waals surface area contributed by atoms with E-state index in [1.54, 1.807) is 0 Å². The molecule has 21 heavy (non-hydrogen) atoms. The van der Waals surface area contributed by atoms with Crippen molar-refractivity contribution in [3.63, 3.8) is 0 Å². The van der Waals surface area contributed by atoms with Gasteiger partial charge in [0.1, 0.15) is 15.4 Å². The fourth-order valence-corrected chi connectivity index (χ4v) is 2.47. The predicted molar refractivity (Wildman–Crippen MR) is 79.8 cm³/mol. The Balaban J connectivity index is 2.60. The summed E-state index contributed by atoms with van der Waals surface area (Å²) in [5.41, 5.74) is -0.138. The maximum atomic E-state index is 11.6. The van der Waals surface area contributed by atoms with Gasteiger partial charge in [-0.1, -0.05) is 17.7 Å². The summed E-state index contributed by atoms with van der Waals surface area (Å²) >= 11 is 5.77. The van der Waals surface area contributed by atoms with Crippen molar-refractivity contribution in [1.82, 2.24) is 5.32 Å². The second-order valence-electron chi connectivity index (χ2n) is 4.33. The Bertz CT molecular complexity index is 645. The predicted octanol–water partition coefficient (Wildman–Crippen LogP) is 1.59. The third kappa shape index (κ3) is 6.01. The number of anilines is 1. The minimum absolute atomic E-state index is 0.0115. The van der Waals surface area contributed by atoms with Gasteiger partial charge in [0.25, 0.3) is 0 Å². The van der Waals surface area contributed by atoms with Gasteiger partial charge in [-0.3, -0.25) is 0 Å². The average molecular weight is 335 g/mol. The Kier molecular flexibility index (Phi) is 5.98. The molecule has 0 saturated carbocycles. The Hall–Kier alpha value is -1.80. The Morgan fingerprint density at radius 1 is 1.33 bits per heavy atom. The van der Waals surface area contributed by atoms with Crippen LogP contribution in [-0.4, -0.2) is 44.1 Å². The Morgan fingerprint density at radius 2 is 2.00 bits per heavy atom. The fourth-order valence-electron chi connectivity index (χ4n) is 1.55. The molecule has 0 spiro atoms. The van der Waals surface area contributed by atoms with Crippen molar-refractivity contribution in [2.75, 3.05) is 23.9 Å². The number of carbonyl (C=O) groups is 2. The van der Waals surface area contributed by atoms with Gasteiger partial charge in [0.2, 0.25) is 0 Å². The molecular formula is C12H15ClN2O5S. The van der Waals surface area contributed by atoms with Crippen LogP contribution in [0.1, 0.15) is 16.8 Å². The van der Waals surface area contributed by atoms with Crippen LogP contribution in [0.15, 0.2) is 18.2 Å². The molecular weight excluding hydrogens is 320 g/mol. The Morgan fingerprint density at radius 3 is 2.57 bits per heavy atom. The number of aromatic carboxylic acids is 1. The van der Waals surface area contributed by atoms with Crippen LogP contribution in [-0.2, 0) is 9.84 Å². The third-order valence-electron chi connectivity index (χ3n) is 2.45. The van der Waals surface area contributed by atoms with Crippen LogP contribution in [0.25, 0.3) is 0 Å². The molecule has 0 aromatic heterocycles. The van der Waals surface area contributed by atoms with Gasteiger partial charge >= 0.3 is 12.0 Å². The highest BCUT2D eigenvalue weighted by atomic mass is 35.5. The minimum atomic E-state index is -3.07. The van der Waals surface area contributed by atoms with Crippen molar-refractivity contribution in [3.8, 4) is 0 Å². The van der Waals surface area contributed by atoms with Crippen molar-refractivity contribution in [1.29, 1.82) is 0 Å². The Labute approximate surface area is 127 Å². The smallest absolute Gasteiger partial charge is 0.339 e. The van der Waals surface area contributed by atoms with Crippen molar-refractivity contribution in [2.24, 2.45) is 0 Å². The van der Waals surface area contributed by atoms with E-state index >= 15 is 0 Å². The van der Waals surface area contributed by atoms with Crippen LogP contribution in [0, 0.1) is 0 Å². The van der Waals surface area contributed by atoms with Gasteiger partial charge in [0.15, 0.2) is 0 Å². The molecule has 0 aliphatic rings. The van der Waals surface area contributed by atoms with Crippen molar-refractivity contribution >= 4 is 39.1 Å². The summed E-state index contributed by atoms with van der Waals surface area (Å²) < 4.78 is 21.8. The molecule has 0 atom stereocenters. The highest BCUT2D eigenvalue weighted by Gasteiger charge is 2.15. The summed E-state index contributed by atoms with van der Waals surface area (Å²) in [5, 5.41) is 13.9. The number of benzene rings is 1. The van der Waals surface area contributed by atoms with Crippen LogP contribution < -0.4 is 10.6 Å². The SMILES string of the molecule is CS(=O)(=O)CCCNC(=O)Nc1cccc(Cl)c1C(=O)O. The summed E-state index contributed by atoms with van der Waals surface area (Å²) in [6.45, 7) is 0.155. The highest BCUT2D eigenvalue weighted by molar-refractivity contribution is 7.90. The zero-order valence-electron chi connectivity index (χ0n) is 11.2. The molecule has 1 rings (SSSR count). The number of halogens is 1. The monoisotopic (exact) mass is 334 g/mol. The second kappa shape index (κ2) is 7.28. The standard InChI is InChI=1S/C12H15ClN2O5S/c1-21(19,20)7-3-6-14-12(18)15-9-5-2-4-8(13)10(9)11(16)17/h2,4-5H,3,6-7H2,1H3,(H,16,17)(H2,14,15,18). The number of urea groups is 1. The number of carboxylic acid groups (broad SMARTS) is 1. The van der Waals surface area contributed by atoms with Crippen LogP contribution in [0.4, 0.5) is 10.5 Å². The van der Waals surface area contributed by atoms with E-state index in [1.165, 1.54) is 18.2 Å². The molecule has 1 aromatic carbocycles. The first-order valence-electron chi connectivity index (χ1n) is 5.95. The summed E-state index contributed by atoms with van der Waals surface area (Å²) in [6.07, 6.45) is 1.38. The quantitative estimate of drug-likeness (QED) is 0.684. The molecule has 0 radical (unpaired) electrons. The van der Waals surface area contributed by atoms with Gasteiger partial charge in [0.05, 0.1) is 16.5 Å². The first kappa shape index (κ1) is 17.3. The first-order valence-corrected chi connectivity index (χ1v) is 8.39. The topological polar surface area (TPSA) is 113 Å². The molecule has 2 amide bonds. The van der Waals surface area contributed by atoms with E-state index in [0.29, 0.717) is 0 Å². The lowest BCUT2D eigenvalue weighted by Crippen LogP contribution is -2.31. The lowest BCUT2D eigenvalue weighted by molar-refractivity contribution is 0.0698. The average Bonchev–Trinajstić information content (AvgIpc) is 2.33. The number of nitrogens with one attached hydrogen (secondary N) is 2. The molecule has 116 valence electrons. The van der Waals surface area contributed by atoms with Crippen molar-refractivity contribution in [3.05, 3.63) is 28.8 Å². The maximum absolute atomic E-state index is 11.6. The van der Waals surface area contributed by atoms with E-state index in [2.05, 4.69) is 10.6 Å². The lowest BCUT2D eigenvalue weighted by Gasteiger charge is -2.10. The van der Waals surface area contributed by atoms with E-state index in [-0.39, 0.29) is 35.0 Å². The first-order chi connectivity index (χ1) is 9.70. The van der Waals surface area contributed by atoms with E-state index in [1.807, 2.05) is 0 Å². The number of hydrogen-bond donors (Lipinski definition) is 3. The molecule has 0 unspecified atom stereocenters. The van der Waals surface area contributed by atoms with E-state index < -0.39 is 21.8 Å². The summed E-state index contributed by atoms with van der Waals surface area (Å²) in [7, 11) is -3.07. The van der Waals surface area contributed by atoms with Crippen LogP contribution >= 0.6 is 11.6 Å². The minimum Gasteiger partial charge on any atom is -0.478 e. The fraction of sp³-hybridized carbons (Fsp3) is 0.333. The van der Waals surface area contributed by atoms with E-state index in [9.17, 15) is 18.0 Å². The zero-order chi connectivity index (χ0) is 16.0. The van der Waals surface area contributed by atoms with Crippen LogP contribution in [0.2, 0.25) is 5.02 Å². The zero-order valence-corrected chi connectivity index (χ0v) is 12.8. The number of hydrogen-bond acceptors (Lipinski definition) is 4. The van der Waals surface area contributed by atoms with Gasteiger partial charge in [-0.05, 0) is 18.6 Å². The van der Waals surface area contributed by atoms with Gasteiger partial charge < -0.3 is 15.7 Å². The number of carbonyl (C=O) groups excluding carboxylic acids is 1. The maximum Gasteiger partial charge on any atom is 0.339 e. The number of amides is 2. The van der Waals surface area contributed by atoms with Gasteiger partial charge in [-0.2, -0.15) is 0 Å². The van der Waals surface area contributed by atoms with Crippen molar-refractivity contribution < 1.29 is 23.1 Å². The molecule has 0 fully saturated rings.